The van der Waals surface area contributed by atoms with Gasteiger partial charge in [0.05, 0.1) is 13.2 Å². The molecule has 1 heterocycles. The Bertz CT molecular complexity index is 319. The number of amides is 1. The Hall–Kier alpha value is -1.35. The van der Waals surface area contributed by atoms with Crippen molar-refractivity contribution in [1.82, 2.24) is 4.90 Å². The first kappa shape index (κ1) is 12.7. The summed E-state index contributed by atoms with van der Waals surface area (Å²) in [5, 5.41) is 0. The molecule has 0 aromatic heterocycles. The van der Waals surface area contributed by atoms with Crippen molar-refractivity contribution in [3.8, 4) is 0 Å². The fraction of sp³-hybridized carbons (Fsp3) is 0.462. The summed E-state index contributed by atoms with van der Waals surface area (Å²) in [6.45, 7) is 10.3. The summed E-state index contributed by atoms with van der Waals surface area (Å²) >= 11 is 0. The molecule has 0 spiro atoms. The van der Waals surface area contributed by atoms with Crippen LogP contribution in [0.2, 0.25) is 0 Å². The van der Waals surface area contributed by atoms with Crippen LogP contribution in [0.3, 0.4) is 0 Å². The van der Waals surface area contributed by atoms with Crippen LogP contribution in [0, 0.1) is 0 Å². The minimum absolute atomic E-state index is 0.0378. The molecule has 88 valence electrons. The second kappa shape index (κ2) is 6.28. The smallest absolute Gasteiger partial charge is 0.253 e. The van der Waals surface area contributed by atoms with Gasteiger partial charge in [-0.1, -0.05) is 24.3 Å². The van der Waals surface area contributed by atoms with Gasteiger partial charge in [-0.05, 0) is 19.9 Å². The third kappa shape index (κ3) is 3.66. The molecule has 3 nitrogen and oxygen atoms in total. The van der Waals surface area contributed by atoms with Gasteiger partial charge in [0.2, 0.25) is 0 Å². The van der Waals surface area contributed by atoms with Gasteiger partial charge in [0.25, 0.3) is 5.91 Å². The van der Waals surface area contributed by atoms with E-state index in [1.807, 2.05) is 26.0 Å². The van der Waals surface area contributed by atoms with E-state index in [9.17, 15) is 4.79 Å². The number of hydrogen-bond acceptors (Lipinski definition) is 2. The molecule has 0 saturated carbocycles. The monoisotopic (exact) mass is 221 g/mol. The normalized spacial score (nSPS) is 16.9. The van der Waals surface area contributed by atoms with Crippen molar-refractivity contribution >= 4 is 5.91 Å². The first-order valence-corrected chi connectivity index (χ1v) is 5.50. The molecule has 1 amide bonds. The fourth-order valence-corrected chi connectivity index (χ4v) is 1.43. The summed E-state index contributed by atoms with van der Waals surface area (Å²) in [5.41, 5.74) is 1.80. The second-order valence-corrected chi connectivity index (χ2v) is 3.97. The molecule has 0 aromatic rings. The molecule has 1 fully saturated rings. The summed E-state index contributed by atoms with van der Waals surface area (Å²) in [5.74, 6) is 0.0378. The highest BCUT2D eigenvalue weighted by Crippen LogP contribution is 2.07. The van der Waals surface area contributed by atoms with Gasteiger partial charge in [0, 0.05) is 18.7 Å². The topological polar surface area (TPSA) is 29.5 Å². The summed E-state index contributed by atoms with van der Waals surface area (Å²) in [6, 6.07) is 0. The van der Waals surface area contributed by atoms with Gasteiger partial charge in [-0.3, -0.25) is 4.79 Å². The van der Waals surface area contributed by atoms with E-state index in [0.29, 0.717) is 31.9 Å². The largest absolute Gasteiger partial charge is 0.378 e. The maximum absolute atomic E-state index is 12.0. The van der Waals surface area contributed by atoms with Crippen molar-refractivity contribution in [2.75, 3.05) is 26.3 Å². The van der Waals surface area contributed by atoms with Crippen LogP contribution in [-0.2, 0) is 9.53 Å². The minimum Gasteiger partial charge on any atom is -0.378 e. The Kier molecular flexibility index (Phi) is 4.99. The summed E-state index contributed by atoms with van der Waals surface area (Å²) in [6.07, 6.45) is 5.35. The zero-order valence-electron chi connectivity index (χ0n) is 10.0. The Morgan fingerprint density at radius 2 is 1.88 bits per heavy atom. The summed E-state index contributed by atoms with van der Waals surface area (Å²) in [7, 11) is 0. The van der Waals surface area contributed by atoms with Crippen LogP contribution in [0.25, 0.3) is 0 Å². The van der Waals surface area contributed by atoms with Crippen LogP contribution in [0.5, 0.6) is 0 Å². The average Bonchev–Trinajstić information content (AvgIpc) is 2.30. The molecule has 0 bridgehead atoms. The molecule has 16 heavy (non-hydrogen) atoms. The minimum atomic E-state index is 0.0378. The SMILES string of the molecule is C=C/C(=C\C=C(C)C)C(=O)N1CCOCC1. The number of allylic oxidation sites excluding steroid dienone is 3. The molecule has 0 N–H and O–H groups in total. The van der Waals surface area contributed by atoms with Gasteiger partial charge in [-0.2, -0.15) is 0 Å². The van der Waals surface area contributed by atoms with E-state index in [-0.39, 0.29) is 5.91 Å². The predicted octanol–water partition coefficient (Wildman–Crippen LogP) is 1.92. The van der Waals surface area contributed by atoms with Crippen LogP contribution in [0.15, 0.2) is 36.0 Å². The molecule has 0 aromatic carbocycles. The number of ether oxygens (including phenoxy) is 1. The van der Waals surface area contributed by atoms with Crippen LogP contribution in [0.1, 0.15) is 13.8 Å². The lowest BCUT2D eigenvalue weighted by atomic mass is 10.2. The molecule has 1 saturated heterocycles. The second-order valence-electron chi connectivity index (χ2n) is 3.97. The molecular weight excluding hydrogens is 202 g/mol. The molecule has 3 heteroatoms. The lowest BCUT2D eigenvalue weighted by Crippen LogP contribution is -2.41. The number of morpholine rings is 1. The fourth-order valence-electron chi connectivity index (χ4n) is 1.43. The number of carbonyl (C=O) groups is 1. The Morgan fingerprint density at radius 1 is 1.25 bits per heavy atom. The van der Waals surface area contributed by atoms with Crippen molar-refractivity contribution in [1.29, 1.82) is 0 Å². The maximum atomic E-state index is 12.0. The van der Waals surface area contributed by atoms with Crippen LogP contribution in [-0.4, -0.2) is 37.1 Å². The highest BCUT2D eigenvalue weighted by atomic mass is 16.5. The third-order valence-electron chi connectivity index (χ3n) is 2.36. The van der Waals surface area contributed by atoms with Crippen LogP contribution < -0.4 is 0 Å². The van der Waals surface area contributed by atoms with Crippen molar-refractivity contribution in [2.45, 2.75) is 13.8 Å². The standard InChI is InChI=1S/C13H19NO2/c1-4-12(6-5-11(2)3)13(15)14-7-9-16-10-8-14/h4-6H,1,7-10H2,2-3H3/b12-6+. The molecule has 0 radical (unpaired) electrons. The highest BCUT2D eigenvalue weighted by Gasteiger charge is 2.18. The van der Waals surface area contributed by atoms with E-state index in [4.69, 9.17) is 4.74 Å². The Balaban J connectivity index is 2.72. The van der Waals surface area contributed by atoms with E-state index < -0.39 is 0 Å². The quantitative estimate of drug-likeness (QED) is 0.538. The summed E-state index contributed by atoms with van der Waals surface area (Å²) < 4.78 is 5.21. The van der Waals surface area contributed by atoms with E-state index in [2.05, 4.69) is 6.58 Å². The van der Waals surface area contributed by atoms with Gasteiger partial charge < -0.3 is 9.64 Å². The molecule has 1 aliphatic rings. The van der Waals surface area contributed by atoms with Gasteiger partial charge in [-0.25, -0.2) is 0 Å². The number of nitrogens with zero attached hydrogens (tertiary/aromatic N) is 1. The average molecular weight is 221 g/mol. The zero-order chi connectivity index (χ0) is 12.0. The zero-order valence-corrected chi connectivity index (χ0v) is 10.0. The molecule has 0 unspecified atom stereocenters. The third-order valence-corrected chi connectivity index (χ3v) is 2.36. The first-order valence-electron chi connectivity index (χ1n) is 5.50. The van der Waals surface area contributed by atoms with E-state index in [0.717, 1.165) is 5.57 Å². The number of rotatable bonds is 3. The summed E-state index contributed by atoms with van der Waals surface area (Å²) in [4.78, 5) is 13.8. The lowest BCUT2D eigenvalue weighted by molar-refractivity contribution is -0.130. The lowest BCUT2D eigenvalue weighted by Gasteiger charge is -2.27. The van der Waals surface area contributed by atoms with Crippen molar-refractivity contribution in [2.24, 2.45) is 0 Å². The molecule has 0 aliphatic carbocycles. The van der Waals surface area contributed by atoms with E-state index in [1.54, 1.807) is 11.0 Å². The van der Waals surface area contributed by atoms with E-state index >= 15 is 0 Å². The van der Waals surface area contributed by atoms with Gasteiger partial charge in [0.15, 0.2) is 0 Å². The molecule has 0 atom stereocenters. The Labute approximate surface area is 97.1 Å². The number of carbonyl (C=O) groups excluding carboxylic acids is 1. The van der Waals surface area contributed by atoms with Crippen LogP contribution >= 0.6 is 0 Å². The van der Waals surface area contributed by atoms with Crippen molar-refractivity contribution in [3.05, 3.63) is 36.0 Å². The van der Waals surface area contributed by atoms with Gasteiger partial charge >= 0.3 is 0 Å². The van der Waals surface area contributed by atoms with Crippen molar-refractivity contribution < 1.29 is 9.53 Å². The molecular formula is C13H19NO2. The molecule has 1 aliphatic heterocycles. The highest BCUT2D eigenvalue weighted by molar-refractivity contribution is 5.96. The maximum Gasteiger partial charge on any atom is 0.253 e. The number of hydrogen-bond donors (Lipinski definition) is 0. The van der Waals surface area contributed by atoms with E-state index in [1.165, 1.54) is 0 Å². The van der Waals surface area contributed by atoms with Crippen molar-refractivity contribution in [3.63, 3.8) is 0 Å². The first-order chi connectivity index (χ1) is 7.65. The van der Waals surface area contributed by atoms with Gasteiger partial charge in [-0.15, -0.1) is 0 Å². The Morgan fingerprint density at radius 3 is 2.38 bits per heavy atom. The van der Waals surface area contributed by atoms with Crippen LogP contribution in [0.4, 0.5) is 0 Å². The predicted molar refractivity (Wildman–Crippen MR) is 65.1 cm³/mol. The van der Waals surface area contributed by atoms with Gasteiger partial charge in [0.1, 0.15) is 0 Å². The molecule has 1 rings (SSSR count).